The van der Waals surface area contributed by atoms with Crippen molar-refractivity contribution >= 4 is 23.1 Å². The van der Waals surface area contributed by atoms with Crippen molar-refractivity contribution in [3.63, 3.8) is 0 Å². The largest absolute Gasteiger partial charge is 0.497 e. The fourth-order valence-electron chi connectivity index (χ4n) is 6.68. The van der Waals surface area contributed by atoms with Crippen molar-refractivity contribution in [2.24, 2.45) is 5.92 Å². The minimum atomic E-state index is -1.34. The predicted molar refractivity (Wildman–Crippen MR) is 133 cm³/mol. The maximum atomic E-state index is 14.4. The average molecular weight is 502 g/mol. The smallest absolute Gasteiger partial charge is 0.269 e. The van der Waals surface area contributed by atoms with Crippen LogP contribution in [0.5, 0.6) is 5.75 Å². The van der Waals surface area contributed by atoms with Gasteiger partial charge in [-0.15, -0.1) is 0 Å². The Morgan fingerprint density at radius 3 is 2.68 bits per heavy atom. The molecule has 4 atom stereocenters. The van der Waals surface area contributed by atoms with Gasteiger partial charge in [0, 0.05) is 40.9 Å². The van der Waals surface area contributed by atoms with Crippen LogP contribution in [0, 0.1) is 21.8 Å². The summed E-state index contributed by atoms with van der Waals surface area (Å²) in [5.41, 5.74) is 0.754. The van der Waals surface area contributed by atoms with E-state index >= 15 is 0 Å². The summed E-state index contributed by atoms with van der Waals surface area (Å²) in [5.74, 6) is -1.94. The summed E-state index contributed by atoms with van der Waals surface area (Å²) in [6.07, 6.45) is 1.55. The van der Waals surface area contributed by atoms with E-state index in [-0.39, 0.29) is 29.0 Å². The minimum Gasteiger partial charge on any atom is -0.497 e. The highest BCUT2D eigenvalue weighted by Crippen LogP contribution is 2.61. The SMILES string of the molecule is COc1ccc2c(c1)[C@]1(C(=O)N2)C(C(=O)c2ccc(F)cc2)C(c2cccc([N+](=O)[O-])c2)C2CCCN21. The van der Waals surface area contributed by atoms with Gasteiger partial charge in [0.05, 0.1) is 18.0 Å². The number of fused-ring (bicyclic) bond motifs is 4. The molecule has 3 aromatic rings. The summed E-state index contributed by atoms with van der Waals surface area (Å²) in [7, 11) is 1.54. The number of anilines is 1. The number of nitro benzene ring substituents is 1. The lowest BCUT2D eigenvalue weighted by Gasteiger charge is -2.37. The van der Waals surface area contributed by atoms with Crippen molar-refractivity contribution in [3.05, 3.63) is 99.4 Å². The molecule has 0 aromatic heterocycles. The van der Waals surface area contributed by atoms with Gasteiger partial charge in [0.2, 0.25) is 5.91 Å². The summed E-state index contributed by atoms with van der Waals surface area (Å²) < 4.78 is 19.2. The normalized spacial score (nSPS) is 26.1. The van der Waals surface area contributed by atoms with Crippen LogP contribution in [0.4, 0.5) is 15.8 Å². The molecule has 3 aromatic carbocycles. The Balaban J connectivity index is 1.62. The number of hydrogen-bond acceptors (Lipinski definition) is 6. The summed E-state index contributed by atoms with van der Waals surface area (Å²) in [6, 6.07) is 16.8. The van der Waals surface area contributed by atoms with Crippen LogP contribution in [0.15, 0.2) is 66.7 Å². The predicted octanol–water partition coefficient (Wildman–Crippen LogP) is 4.65. The van der Waals surface area contributed by atoms with E-state index in [4.69, 9.17) is 4.74 Å². The molecule has 1 N–H and O–H groups in total. The molecule has 8 nitrogen and oxygen atoms in total. The summed E-state index contributed by atoms with van der Waals surface area (Å²) in [5, 5.41) is 14.6. The first-order chi connectivity index (χ1) is 17.9. The van der Waals surface area contributed by atoms with Crippen molar-refractivity contribution in [2.75, 3.05) is 19.0 Å². The zero-order valence-electron chi connectivity index (χ0n) is 20.0. The molecule has 3 aliphatic heterocycles. The highest BCUT2D eigenvalue weighted by atomic mass is 19.1. The number of non-ortho nitro benzene ring substituents is 1. The number of amides is 1. The molecular formula is C28H24FN3O5. The first-order valence-electron chi connectivity index (χ1n) is 12.2. The van der Waals surface area contributed by atoms with E-state index in [0.29, 0.717) is 29.1 Å². The molecule has 0 bridgehead atoms. The molecule has 3 unspecified atom stereocenters. The molecule has 0 saturated carbocycles. The minimum absolute atomic E-state index is 0.0751. The van der Waals surface area contributed by atoms with Gasteiger partial charge in [0.25, 0.3) is 5.69 Å². The highest BCUT2D eigenvalue weighted by Gasteiger charge is 2.69. The molecule has 3 heterocycles. The zero-order valence-corrected chi connectivity index (χ0v) is 20.0. The number of benzene rings is 3. The lowest BCUT2D eigenvalue weighted by atomic mass is 9.68. The first kappa shape index (κ1) is 23.3. The summed E-state index contributed by atoms with van der Waals surface area (Å²) in [6.45, 7) is 0.591. The van der Waals surface area contributed by atoms with E-state index in [9.17, 15) is 24.1 Å². The number of rotatable bonds is 5. The van der Waals surface area contributed by atoms with Crippen molar-refractivity contribution in [2.45, 2.75) is 30.3 Å². The number of nitrogens with zero attached hydrogens (tertiary/aromatic N) is 2. The van der Waals surface area contributed by atoms with Gasteiger partial charge in [-0.3, -0.25) is 24.6 Å². The number of hydrogen-bond donors (Lipinski definition) is 1. The number of carbonyl (C=O) groups excluding carboxylic acids is 2. The highest BCUT2D eigenvalue weighted by molar-refractivity contribution is 6.12. The lowest BCUT2D eigenvalue weighted by molar-refractivity contribution is -0.384. The molecule has 1 amide bonds. The Kier molecular flexibility index (Phi) is 5.34. The van der Waals surface area contributed by atoms with Gasteiger partial charge in [-0.25, -0.2) is 4.39 Å². The Bertz CT molecular complexity index is 1440. The van der Waals surface area contributed by atoms with Crippen LogP contribution < -0.4 is 10.1 Å². The van der Waals surface area contributed by atoms with Crippen LogP contribution in [0.1, 0.15) is 40.2 Å². The molecule has 3 aliphatic rings. The maximum Gasteiger partial charge on any atom is 0.269 e. The first-order valence-corrected chi connectivity index (χ1v) is 12.2. The average Bonchev–Trinajstić information content (AvgIpc) is 3.57. The van der Waals surface area contributed by atoms with Crippen LogP contribution in [0.2, 0.25) is 0 Å². The van der Waals surface area contributed by atoms with Crippen LogP contribution in [-0.2, 0) is 10.3 Å². The lowest BCUT2D eigenvalue weighted by Crippen LogP contribution is -2.52. The fraction of sp³-hybridized carbons (Fsp3) is 0.286. The number of ketones is 1. The van der Waals surface area contributed by atoms with Gasteiger partial charge < -0.3 is 10.1 Å². The monoisotopic (exact) mass is 501 g/mol. The van der Waals surface area contributed by atoms with Gasteiger partial charge in [0.1, 0.15) is 17.1 Å². The number of Topliss-reactive ketones (excluding diaryl/α,β-unsaturated/α-hetero) is 1. The molecule has 188 valence electrons. The molecule has 0 radical (unpaired) electrons. The zero-order chi connectivity index (χ0) is 25.9. The number of nitrogens with one attached hydrogen (secondary N) is 1. The second kappa shape index (κ2) is 8.48. The fourth-order valence-corrected chi connectivity index (χ4v) is 6.68. The number of halogens is 1. The van der Waals surface area contributed by atoms with Crippen LogP contribution >= 0.6 is 0 Å². The third-order valence-corrected chi connectivity index (χ3v) is 8.08. The Labute approximate surface area is 212 Å². The van der Waals surface area contributed by atoms with Gasteiger partial charge in [-0.05, 0) is 67.4 Å². The third-order valence-electron chi connectivity index (χ3n) is 8.08. The van der Waals surface area contributed by atoms with Crippen molar-refractivity contribution in [1.29, 1.82) is 0 Å². The number of methoxy groups -OCH3 is 1. The summed E-state index contributed by atoms with van der Waals surface area (Å²) >= 11 is 0. The Hall–Kier alpha value is -4.11. The van der Waals surface area contributed by atoms with Gasteiger partial charge >= 0.3 is 0 Å². The second-order valence-corrected chi connectivity index (χ2v) is 9.76. The number of nitro groups is 1. The van der Waals surface area contributed by atoms with Crippen LogP contribution in [0.25, 0.3) is 0 Å². The number of carbonyl (C=O) groups is 2. The topological polar surface area (TPSA) is 102 Å². The molecule has 9 heteroatoms. The van der Waals surface area contributed by atoms with Crippen molar-refractivity contribution < 1.29 is 23.6 Å². The molecule has 37 heavy (non-hydrogen) atoms. The molecule has 2 fully saturated rings. The van der Waals surface area contributed by atoms with E-state index in [0.717, 1.165) is 12.8 Å². The number of ether oxygens (including phenoxy) is 1. The van der Waals surface area contributed by atoms with E-state index in [1.807, 2.05) is 0 Å². The molecule has 0 aliphatic carbocycles. The maximum absolute atomic E-state index is 14.4. The standard InChI is InChI=1S/C28H24FN3O5/c1-37-20-11-12-22-21(15-20)28(27(34)30-22)25(26(33)16-7-9-18(29)10-8-16)24(23-6-3-13-31(23)28)17-4-2-5-19(14-17)32(35)36/h2,4-5,7-12,14-15,23-25H,3,6,13H2,1H3,(H,30,34)/t23?,24?,25?,28-/m1/s1. The second-order valence-electron chi connectivity index (χ2n) is 9.76. The van der Waals surface area contributed by atoms with Crippen LogP contribution in [0.3, 0.4) is 0 Å². The Morgan fingerprint density at radius 2 is 1.95 bits per heavy atom. The van der Waals surface area contributed by atoms with Gasteiger partial charge in [-0.2, -0.15) is 0 Å². The van der Waals surface area contributed by atoms with Crippen molar-refractivity contribution in [1.82, 2.24) is 4.90 Å². The van der Waals surface area contributed by atoms with E-state index in [1.165, 1.54) is 36.4 Å². The molecule has 2 saturated heterocycles. The van der Waals surface area contributed by atoms with Gasteiger partial charge in [-0.1, -0.05) is 12.1 Å². The molecule has 6 rings (SSSR count). The molecule has 1 spiro atoms. The summed E-state index contributed by atoms with van der Waals surface area (Å²) in [4.78, 5) is 41.7. The van der Waals surface area contributed by atoms with E-state index in [1.54, 1.807) is 37.4 Å². The quantitative estimate of drug-likeness (QED) is 0.310. The van der Waals surface area contributed by atoms with Gasteiger partial charge in [0.15, 0.2) is 5.78 Å². The van der Waals surface area contributed by atoms with Crippen molar-refractivity contribution in [3.8, 4) is 5.75 Å². The van der Waals surface area contributed by atoms with E-state index in [2.05, 4.69) is 10.2 Å². The Morgan fingerprint density at radius 1 is 1.16 bits per heavy atom. The van der Waals surface area contributed by atoms with Crippen LogP contribution in [-0.4, -0.2) is 41.2 Å². The van der Waals surface area contributed by atoms with E-state index < -0.39 is 28.1 Å². The third kappa shape index (κ3) is 3.30. The molecular weight excluding hydrogens is 477 g/mol.